The number of halogens is 2. The third-order valence-electron chi connectivity index (χ3n) is 7.34. The first-order chi connectivity index (χ1) is 18.5. The highest BCUT2D eigenvalue weighted by Crippen LogP contribution is 2.35. The van der Waals surface area contributed by atoms with Gasteiger partial charge in [0.1, 0.15) is 23.4 Å². The number of carbonyl (C=O) groups is 3. The maximum atomic E-state index is 14.1. The molecule has 12 heteroatoms. The van der Waals surface area contributed by atoms with Gasteiger partial charge in [0.25, 0.3) is 11.8 Å². The molecule has 5 rings (SSSR count). The van der Waals surface area contributed by atoms with Crippen molar-refractivity contribution in [1.82, 2.24) is 19.7 Å². The molecule has 1 aromatic heterocycles. The minimum Gasteiger partial charge on any atom is -0.451 e. The third-order valence-corrected chi connectivity index (χ3v) is 7.34. The van der Waals surface area contributed by atoms with Crippen LogP contribution in [0.2, 0.25) is 0 Å². The van der Waals surface area contributed by atoms with Crippen molar-refractivity contribution >= 4 is 17.8 Å². The fourth-order valence-corrected chi connectivity index (χ4v) is 5.30. The number of amides is 2. The van der Waals surface area contributed by atoms with Gasteiger partial charge in [0.05, 0.1) is 12.0 Å². The van der Waals surface area contributed by atoms with Crippen molar-refractivity contribution in [2.45, 2.75) is 58.9 Å². The van der Waals surface area contributed by atoms with Crippen LogP contribution in [0.4, 0.5) is 8.78 Å². The first kappa shape index (κ1) is 26.8. The van der Waals surface area contributed by atoms with Crippen LogP contribution in [0.15, 0.2) is 29.2 Å². The van der Waals surface area contributed by atoms with Crippen LogP contribution < -0.4 is 15.5 Å². The number of nitrogens with one attached hydrogen (secondary N) is 1. The Kier molecular flexibility index (Phi) is 6.91. The Morgan fingerprint density at radius 3 is 2.64 bits per heavy atom. The number of hydrogen-bond acceptors (Lipinski definition) is 7. The summed E-state index contributed by atoms with van der Waals surface area (Å²) >= 11 is 0. The van der Waals surface area contributed by atoms with Crippen LogP contribution in [-0.4, -0.2) is 64.2 Å². The summed E-state index contributed by atoms with van der Waals surface area (Å²) in [6.45, 7) is 5.73. The van der Waals surface area contributed by atoms with Crippen molar-refractivity contribution in [1.29, 1.82) is 0 Å². The topological polar surface area (TPSA) is 110 Å². The molecule has 3 aliphatic rings. The highest BCUT2D eigenvalue weighted by Gasteiger charge is 2.48. The van der Waals surface area contributed by atoms with E-state index in [0.717, 1.165) is 25.5 Å². The van der Waals surface area contributed by atoms with E-state index in [1.807, 2.05) is 0 Å². The summed E-state index contributed by atoms with van der Waals surface area (Å²) in [5.41, 5.74) is -2.00. The molecule has 0 bridgehead atoms. The molecule has 39 heavy (non-hydrogen) atoms. The van der Waals surface area contributed by atoms with E-state index in [1.165, 1.54) is 16.8 Å². The quantitative estimate of drug-likeness (QED) is 0.439. The summed E-state index contributed by atoms with van der Waals surface area (Å²) in [5.74, 6) is -3.79. The molecule has 1 aromatic carbocycles. The van der Waals surface area contributed by atoms with Crippen molar-refractivity contribution in [3.63, 3.8) is 0 Å². The van der Waals surface area contributed by atoms with Crippen LogP contribution in [-0.2, 0) is 22.6 Å². The van der Waals surface area contributed by atoms with Gasteiger partial charge in [-0.2, -0.15) is 0 Å². The smallest absolute Gasteiger partial charge is 0.314 e. The number of ether oxygens (including phenoxy) is 2. The van der Waals surface area contributed by atoms with Gasteiger partial charge in [0, 0.05) is 43.5 Å². The fraction of sp³-hybridized carbons (Fsp3) is 0.481. The first-order valence-electron chi connectivity index (χ1n) is 12.8. The summed E-state index contributed by atoms with van der Waals surface area (Å²) < 4.78 is 39.6. The summed E-state index contributed by atoms with van der Waals surface area (Å²) in [4.78, 5) is 56.3. The summed E-state index contributed by atoms with van der Waals surface area (Å²) in [6.07, 6.45) is 3.08. The van der Waals surface area contributed by atoms with E-state index in [-0.39, 0.29) is 35.6 Å². The van der Waals surface area contributed by atoms with E-state index in [0.29, 0.717) is 19.2 Å². The molecule has 2 saturated heterocycles. The minimum atomic E-state index is -0.864. The molecule has 2 amide bonds. The van der Waals surface area contributed by atoms with E-state index < -0.39 is 52.8 Å². The number of pyridine rings is 1. The summed E-state index contributed by atoms with van der Waals surface area (Å²) in [5, 5.41) is 2.48. The van der Waals surface area contributed by atoms with Gasteiger partial charge in [-0.3, -0.25) is 24.1 Å². The van der Waals surface area contributed by atoms with E-state index in [4.69, 9.17) is 9.47 Å². The Morgan fingerprint density at radius 1 is 1.15 bits per heavy atom. The molecule has 1 N–H and O–H groups in total. The van der Waals surface area contributed by atoms with Crippen molar-refractivity contribution < 1.29 is 32.6 Å². The molecule has 0 aliphatic carbocycles. The second-order valence-electron chi connectivity index (χ2n) is 11.0. The maximum absolute atomic E-state index is 14.1. The second kappa shape index (κ2) is 10.1. The highest BCUT2D eigenvalue weighted by molar-refractivity contribution is 5.99. The number of rotatable bonds is 6. The number of esters is 1. The number of nitrogens with zero attached hydrogens (tertiary/aromatic N) is 3. The van der Waals surface area contributed by atoms with Gasteiger partial charge in [0.15, 0.2) is 5.69 Å². The standard InChI is InChI=1S/C27H30F2N4O6/c1-27(2,3)26(37)39-14-38-23-21-25(36)33-11-17-5-4-8-32(17)20(33)13-31(21)12-18(22(23)34)24(35)30-10-15-6-7-16(28)9-19(15)29/h6-7,9,12,17,20H,4-5,8,10-11,13-14H2,1-3H3,(H,30,35)/t17?,20-/m0/s1. The number of fused-ring (bicyclic) bond motifs is 4. The van der Waals surface area contributed by atoms with E-state index in [9.17, 15) is 28.0 Å². The normalized spacial score (nSPS) is 20.3. The average molecular weight is 545 g/mol. The molecular weight excluding hydrogens is 514 g/mol. The Morgan fingerprint density at radius 2 is 1.92 bits per heavy atom. The Hall–Kier alpha value is -3.80. The minimum absolute atomic E-state index is 0.0228. The zero-order valence-corrected chi connectivity index (χ0v) is 22.0. The monoisotopic (exact) mass is 544 g/mol. The van der Waals surface area contributed by atoms with Crippen molar-refractivity contribution in [3.05, 3.63) is 63.1 Å². The number of hydrogen-bond donors (Lipinski definition) is 1. The van der Waals surface area contributed by atoms with Crippen LogP contribution in [0.1, 0.15) is 60.0 Å². The largest absolute Gasteiger partial charge is 0.451 e. The lowest BCUT2D eigenvalue weighted by Gasteiger charge is -2.36. The lowest BCUT2D eigenvalue weighted by Crippen LogP contribution is -2.50. The van der Waals surface area contributed by atoms with Crippen molar-refractivity contribution in [2.24, 2.45) is 5.41 Å². The molecule has 0 radical (unpaired) electrons. The molecule has 3 aliphatic heterocycles. The lowest BCUT2D eigenvalue weighted by atomic mass is 9.98. The summed E-state index contributed by atoms with van der Waals surface area (Å²) in [7, 11) is 0. The van der Waals surface area contributed by atoms with Crippen LogP contribution >= 0.6 is 0 Å². The first-order valence-corrected chi connectivity index (χ1v) is 12.8. The van der Waals surface area contributed by atoms with Gasteiger partial charge in [-0.1, -0.05) is 6.07 Å². The molecule has 208 valence electrons. The Balaban J connectivity index is 1.46. The van der Waals surface area contributed by atoms with Crippen LogP contribution in [0.25, 0.3) is 0 Å². The Bertz CT molecular complexity index is 1400. The predicted octanol–water partition coefficient (Wildman–Crippen LogP) is 2.24. The van der Waals surface area contributed by atoms with E-state index in [1.54, 1.807) is 25.7 Å². The zero-order chi connectivity index (χ0) is 28.1. The summed E-state index contributed by atoms with van der Waals surface area (Å²) in [6, 6.07) is 3.19. The molecule has 10 nitrogen and oxygen atoms in total. The van der Waals surface area contributed by atoms with Gasteiger partial charge in [-0.25, -0.2) is 8.78 Å². The third kappa shape index (κ3) is 5.00. The number of benzene rings is 1. The van der Waals surface area contributed by atoms with Gasteiger partial charge < -0.3 is 24.3 Å². The molecule has 2 atom stereocenters. The molecule has 2 aromatic rings. The van der Waals surface area contributed by atoms with Gasteiger partial charge >= 0.3 is 5.97 Å². The second-order valence-corrected chi connectivity index (χ2v) is 11.0. The van der Waals surface area contributed by atoms with Crippen LogP contribution in [0, 0.1) is 17.0 Å². The van der Waals surface area contributed by atoms with E-state index >= 15 is 0 Å². The maximum Gasteiger partial charge on any atom is 0.314 e. The SMILES string of the molecule is CC(C)(C)C(=O)OCOc1c2n(cc(C(=O)NCc3ccc(F)cc3F)c1=O)C[C@@H]1N(CC3CCCN31)C2=O. The zero-order valence-electron chi connectivity index (χ0n) is 22.0. The van der Waals surface area contributed by atoms with Crippen molar-refractivity contribution in [2.75, 3.05) is 19.9 Å². The highest BCUT2D eigenvalue weighted by atomic mass is 19.1. The average Bonchev–Trinajstić information content (AvgIpc) is 3.46. The van der Waals surface area contributed by atoms with Gasteiger partial charge in [-0.15, -0.1) is 0 Å². The lowest BCUT2D eigenvalue weighted by molar-refractivity contribution is -0.159. The fourth-order valence-electron chi connectivity index (χ4n) is 5.30. The van der Waals surface area contributed by atoms with Crippen molar-refractivity contribution in [3.8, 4) is 5.75 Å². The predicted molar refractivity (Wildman–Crippen MR) is 134 cm³/mol. The molecule has 4 heterocycles. The van der Waals surface area contributed by atoms with Crippen LogP contribution in [0.3, 0.4) is 0 Å². The van der Waals surface area contributed by atoms with E-state index in [2.05, 4.69) is 10.2 Å². The number of carbonyl (C=O) groups excluding carboxylic acids is 3. The van der Waals surface area contributed by atoms with Gasteiger partial charge in [0.2, 0.25) is 18.0 Å². The molecule has 1 unspecified atom stereocenters. The number of aromatic nitrogens is 1. The molecule has 0 spiro atoms. The molecular formula is C27H30F2N4O6. The molecule has 2 fully saturated rings. The molecule has 0 saturated carbocycles. The Labute approximate surface area is 223 Å². The van der Waals surface area contributed by atoms with Gasteiger partial charge in [-0.05, 0) is 39.7 Å². The van der Waals surface area contributed by atoms with Crippen LogP contribution in [0.5, 0.6) is 5.75 Å².